The zero-order chi connectivity index (χ0) is 7.72. The Labute approximate surface area is 60.6 Å². The molecule has 0 saturated heterocycles. The zero-order valence-electron chi connectivity index (χ0n) is 6.37. The Bertz CT molecular complexity index is 141. The molecule has 0 aromatic heterocycles. The maximum Gasteiger partial charge on any atom is 0.219 e. The fraction of sp³-hybridized carbons (Fsp3) is 0.857. The summed E-state index contributed by atoms with van der Waals surface area (Å²) in [6.45, 7) is 1.55. The van der Waals surface area contributed by atoms with Crippen molar-refractivity contribution in [2.24, 2.45) is 0 Å². The molecule has 1 aliphatic carbocycles. The molecule has 0 aromatic carbocycles. The van der Waals surface area contributed by atoms with Crippen LogP contribution in [-0.4, -0.2) is 35.1 Å². The van der Waals surface area contributed by atoms with Gasteiger partial charge in [0.1, 0.15) is 0 Å². The van der Waals surface area contributed by atoms with Crippen molar-refractivity contribution in [1.29, 1.82) is 0 Å². The lowest BCUT2D eigenvalue weighted by Crippen LogP contribution is -2.47. The minimum Gasteiger partial charge on any atom is -0.393 e. The predicted molar refractivity (Wildman–Crippen MR) is 37.5 cm³/mol. The third-order valence-electron chi connectivity index (χ3n) is 2.13. The van der Waals surface area contributed by atoms with Gasteiger partial charge in [-0.1, -0.05) is 0 Å². The molecule has 1 saturated carbocycles. The summed E-state index contributed by atoms with van der Waals surface area (Å²) < 4.78 is 0. The lowest BCUT2D eigenvalue weighted by molar-refractivity contribution is -0.133. The molecule has 0 aliphatic heterocycles. The summed E-state index contributed by atoms with van der Waals surface area (Å²) in [6, 6.07) is 0.285. The maximum absolute atomic E-state index is 10.7. The van der Waals surface area contributed by atoms with Crippen LogP contribution >= 0.6 is 0 Å². The Morgan fingerprint density at radius 2 is 2.10 bits per heavy atom. The summed E-state index contributed by atoms with van der Waals surface area (Å²) >= 11 is 0. The number of hydrogen-bond donors (Lipinski definition) is 1. The van der Waals surface area contributed by atoms with Gasteiger partial charge < -0.3 is 10.0 Å². The van der Waals surface area contributed by atoms with E-state index >= 15 is 0 Å². The standard InChI is InChI=1S/C7H13NO2/c1-5(9)8(2)6-3-7(10)4-6/h6-7,10H,3-4H2,1-2H3. The normalized spacial score (nSPS) is 31.1. The summed E-state index contributed by atoms with van der Waals surface area (Å²) in [4.78, 5) is 12.4. The average Bonchev–Trinajstić information content (AvgIpc) is 1.79. The Morgan fingerprint density at radius 3 is 2.40 bits per heavy atom. The predicted octanol–water partition coefficient (Wildman–Crippen LogP) is -0.0120. The van der Waals surface area contributed by atoms with Gasteiger partial charge >= 0.3 is 0 Å². The minimum absolute atomic E-state index is 0.0805. The quantitative estimate of drug-likeness (QED) is 0.560. The molecule has 1 fully saturated rings. The lowest BCUT2D eigenvalue weighted by atomic mass is 9.88. The van der Waals surface area contributed by atoms with E-state index in [0.29, 0.717) is 0 Å². The molecule has 1 rings (SSSR count). The Hall–Kier alpha value is -0.570. The molecular weight excluding hydrogens is 130 g/mol. The van der Waals surface area contributed by atoms with Crippen molar-refractivity contribution in [3.05, 3.63) is 0 Å². The van der Waals surface area contributed by atoms with E-state index in [9.17, 15) is 4.79 Å². The van der Waals surface area contributed by atoms with Crippen LogP contribution in [0.5, 0.6) is 0 Å². The van der Waals surface area contributed by atoms with E-state index in [-0.39, 0.29) is 18.1 Å². The third-order valence-corrected chi connectivity index (χ3v) is 2.13. The molecule has 1 N–H and O–H groups in total. The van der Waals surface area contributed by atoms with E-state index in [0.717, 1.165) is 12.8 Å². The van der Waals surface area contributed by atoms with Crippen LogP contribution in [0.3, 0.4) is 0 Å². The Morgan fingerprint density at radius 1 is 1.60 bits per heavy atom. The van der Waals surface area contributed by atoms with Crippen molar-refractivity contribution in [3.8, 4) is 0 Å². The van der Waals surface area contributed by atoms with Crippen molar-refractivity contribution in [2.45, 2.75) is 31.9 Å². The van der Waals surface area contributed by atoms with Crippen molar-refractivity contribution < 1.29 is 9.90 Å². The van der Waals surface area contributed by atoms with E-state index < -0.39 is 0 Å². The van der Waals surface area contributed by atoms with Crippen LogP contribution < -0.4 is 0 Å². The van der Waals surface area contributed by atoms with Crippen LogP contribution in [0.25, 0.3) is 0 Å². The number of aliphatic hydroxyl groups is 1. The van der Waals surface area contributed by atoms with Crippen LogP contribution in [0, 0.1) is 0 Å². The molecule has 0 spiro atoms. The summed E-state index contributed by atoms with van der Waals surface area (Å²) in [5, 5.41) is 8.91. The molecule has 0 unspecified atom stereocenters. The van der Waals surface area contributed by atoms with Gasteiger partial charge in [0.25, 0.3) is 0 Å². The highest BCUT2D eigenvalue weighted by atomic mass is 16.3. The van der Waals surface area contributed by atoms with Crippen molar-refractivity contribution >= 4 is 5.91 Å². The van der Waals surface area contributed by atoms with Gasteiger partial charge in [-0.25, -0.2) is 0 Å². The summed E-state index contributed by atoms with van der Waals surface area (Å²) in [7, 11) is 1.78. The van der Waals surface area contributed by atoms with Gasteiger partial charge in [-0.3, -0.25) is 4.79 Å². The number of rotatable bonds is 1. The molecule has 0 bridgehead atoms. The summed E-state index contributed by atoms with van der Waals surface area (Å²) in [6.07, 6.45) is 1.32. The van der Waals surface area contributed by atoms with Crippen molar-refractivity contribution in [3.63, 3.8) is 0 Å². The number of carbonyl (C=O) groups excluding carboxylic acids is 1. The number of aliphatic hydroxyl groups excluding tert-OH is 1. The highest BCUT2D eigenvalue weighted by Gasteiger charge is 2.31. The van der Waals surface area contributed by atoms with Crippen LogP contribution in [0.4, 0.5) is 0 Å². The molecule has 3 heteroatoms. The fourth-order valence-electron chi connectivity index (χ4n) is 1.13. The van der Waals surface area contributed by atoms with Gasteiger partial charge in [0.2, 0.25) is 5.91 Å². The first-order valence-electron chi connectivity index (χ1n) is 3.52. The van der Waals surface area contributed by atoms with E-state index in [1.807, 2.05) is 0 Å². The second kappa shape index (κ2) is 2.58. The fourth-order valence-corrected chi connectivity index (χ4v) is 1.13. The van der Waals surface area contributed by atoms with Gasteiger partial charge in [-0.2, -0.15) is 0 Å². The molecule has 0 aromatic rings. The molecule has 1 amide bonds. The number of nitrogens with zero attached hydrogens (tertiary/aromatic N) is 1. The minimum atomic E-state index is -0.174. The van der Waals surface area contributed by atoms with E-state index in [1.54, 1.807) is 18.9 Å². The largest absolute Gasteiger partial charge is 0.393 e. The highest BCUT2D eigenvalue weighted by Crippen LogP contribution is 2.24. The van der Waals surface area contributed by atoms with Gasteiger partial charge in [0.15, 0.2) is 0 Å². The van der Waals surface area contributed by atoms with Gasteiger partial charge in [0, 0.05) is 20.0 Å². The maximum atomic E-state index is 10.7. The van der Waals surface area contributed by atoms with Crippen LogP contribution in [0.1, 0.15) is 19.8 Å². The zero-order valence-corrected chi connectivity index (χ0v) is 6.37. The Balaban J connectivity index is 2.31. The first-order valence-corrected chi connectivity index (χ1v) is 3.52. The number of carbonyl (C=O) groups is 1. The summed E-state index contributed by atoms with van der Waals surface area (Å²) in [5.74, 6) is 0.0805. The van der Waals surface area contributed by atoms with E-state index in [1.165, 1.54) is 0 Å². The Kier molecular flexibility index (Phi) is 1.94. The second-order valence-corrected chi connectivity index (χ2v) is 2.91. The number of hydrogen-bond acceptors (Lipinski definition) is 2. The molecule has 0 radical (unpaired) electrons. The SMILES string of the molecule is CC(=O)N(C)C1CC(O)C1. The highest BCUT2D eigenvalue weighted by molar-refractivity contribution is 5.73. The van der Waals surface area contributed by atoms with Gasteiger partial charge in [-0.15, -0.1) is 0 Å². The van der Waals surface area contributed by atoms with E-state index in [2.05, 4.69) is 0 Å². The number of amides is 1. The van der Waals surface area contributed by atoms with Gasteiger partial charge in [-0.05, 0) is 12.8 Å². The van der Waals surface area contributed by atoms with Crippen LogP contribution in [-0.2, 0) is 4.79 Å². The molecule has 10 heavy (non-hydrogen) atoms. The topological polar surface area (TPSA) is 40.5 Å². The van der Waals surface area contributed by atoms with Gasteiger partial charge in [0.05, 0.1) is 6.10 Å². The van der Waals surface area contributed by atoms with E-state index in [4.69, 9.17) is 5.11 Å². The first-order chi connectivity index (χ1) is 4.61. The van der Waals surface area contributed by atoms with Crippen molar-refractivity contribution in [2.75, 3.05) is 7.05 Å². The van der Waals surface area contributed by atoms with Crippen LogP contribution in [0.15, 0.2) is 0 Å². The molecule has 0 heterocycles. The molecule has 3 nitrogen and oxygen atoms in total. The average molecular weight is 143 g/mol. The second-order valence-electron chi connectivity index (χ2n) is 2.91. The first kappa shape index (κ1) is 7.54. The molecule has 0 atom stereocenters. The molecule has 1 aliphatic rings. The lowest BCUT2D eigenvalue weighted by Gasteiger charge is -2.37. The van der Waals surface area contributed by atoms with Crippen molar-refractivity contribution in [1.82, 2.24) is 4.90 Å². The third kappa shape index (κ3) is 1.29. The molecular formula is C7H13NO2. The van der Waals surface area contributed by atoms with Crippen LogP contribution in [0.2, 0.25) is 0 Å². The monoisotopic (exact) mass is 143 g/mol. The molecule has 58 valence electrons. The summed E-state index contributed by atoms with van der Waals surface area (Å²) in [5.41, 5.74) is 0. The smallest absolute Gasteiger partial charge is 0.219 e.